The topological polar surface area (TPSA) is 96.7 Å². The molecule has 0 unspecified atom stereocenters. The van der Waals surface area contributed by atoms with E-state index in [1.54, 1.807) is 41.0 Å². The Morgan fingerprint density at radius 1 is 1.08 bits per heavy atom. The predicted octanol–water partition coefficient (Wildman–Crippen LogP) is 4.76. The van der Waals surface area contributed by atoms with Crippen LogP contribution in [-0.2, 0) is 34.2 Å². The van der Waals surface area contributed by atoms with Crippen LogP contribution in [0.4, 0.5) is 5.69 Å². The fourth-order valence-electron chi connectivity index (χ4n) is 5.05. The highest BCUT2D eigenvalue weighted by atomic mass is 32.2. The summed E-state index contributed by atoms with van der Waals surface area (Å²) in [6.45, 7) is 7.60. The molecule has 1 N–H and O–H groups in total. The minimum Gasteiger partial charge on any atom is -0.480 e. The van der Waals surface area contributed by atoms with Crippen LogP contribution in [0.2, 0.25) is 0 Å². The summed E-state index contributed by atoms with van der Waals surface area (Å²) < 4.78 is 29.4. The molecule has 2 aromatic carbocycles. The Labute approximate surface area is 212 Å². The van der Waals surface area contributed by atoms with Gasteiger partial charge in [0.2, 0.25) is 0 Å². The number of nitrogens with zero attached hydrogens (tertiary/aromatic N) is 2. The van der Waals surface area contributed by atoms with Crippen molar-refractivity contribution < 1.29 is 23.1 Å². The van der Waals surface area contributed by atoms with E-state index in [0.29, 0.717) is 30.5 Å². The van der Waals surface area contributed by atoms with Gasteiger partial charge in [0.15, 0.2) is 5.78 Å². The Morgan fingerprint density at radius 3 is 2.39 bits per heavy atom. The minimum absolute atomic E-state index is 0.0266. The number of hydrogen-bond donors (Lipinski definition) is 1. The largest absolute Gasteiger partial charge is 0.480 e. The Bertz CT molecular complexity index is 1450. The van der Waals surface area contributed by atoms with Crippen molar-refractivity contribution in [1.29, 1.82) is 0 Å². The second-order valence-electron chi connectivity index (χ2n) is 10.4. The number of benzene rings is 2. The molecular weight excluding hydrogens is 476 g/mol. The zero-order valence-electron chi connectivity index (χ0n) is 21.3. The molecule has 0 bridgehead atoms. The van der Waals surface area contributed by atoms with Gasteiger partial charge in [-0.1, -0.05) is 43.7 Å². The van der Waals surface area contributed by atoms with Crippen molar-refractivity contribution in [2.75, 3.05) is 11.4 Å². The van der Waals surface area contributed by atoms with Crippen LogP contribution in [0.5, 0.6) is 0 Å². The maximum Gasteiger partial charge on any atom is 0.323 e. The average molecular weight is 509 g/mol. The highest BCUT2D eigenvalue weighted by Gasteiger charge is 2.37. The van der Waals surface area contributed by atoms with Crippen molar-refractivity contribution in [3.05, 3.63) is 82.2 Å². The average Bonchev–Trinajstić information content (AvgIpc) is 3.03. The minimum atomic E-state index is -3.74. The number of fused-ring (bicyclic) bond motifs is 1. The molecule has 0 fully saturated rings. The summed E-state index contributed by atoms with van der Waals surface area (Å²) in [5.74, 6) is -0.929. The lowest BCUT2D eigenvalue weighted by molar-refractivity contribution is -0.137. The molecule has 1 aliphatic carbocycles. The molecule has 0 saturated carbocycles. The molecule has 0 amide bonds. The molecule has 7 nitrogen and oxygen atoms in total. The van der Waals surface area contributed by atoms with Gasteiger partial charge in [-0.05, 0) is 61.1 Å². The number of sulfonamides is 1. The third-order valence-electron chi connectivity index (χ3n) is 6.95. The smallest absolute Gasteiger partial charge is 0.323 e. The summed E-state index contributed by atoms with van der Waals surface area (Å²) in [7, 11) is -2.22. The number of carboxylic acid groups (broad SMARTS) is 1. The van der Waals surface area contributed by atoms with E-state index in [2.05, 4.69) is 0 Å². The van der Waals surface area contributed by atoms with Crippen molar-refractivity contribution in [3.63, 3.8) is 0 Å². The molecular formula is C28H32N2O5S. The molecule has 0 radical (unpaired) electrons. The van der Waals surface area contributed by atoms with E-state index in [0.717, 1.165) is 28.1 Å². The number of aryl methyl sites for hydroxylation is 1. The summed E-state index contributed by atoms with van der Waals surface area (Å²) >= 11 is 0. The lowest BCUT2D eigenvalue weighted by atomic mass is 9.75. The number of carbonyl (C=O) groups excluding carboxylic acids is 1. The maximum absolute atomic E-state index is 13.2. The number of aromatic nitrogens is 1. The van der Waals surface area contributed by atoms with Gasteiger partial charge in [-0.15, -0.1) is 0 Å². The lowest BCUT2D eigenvalue weighted by Gasteiger charge is -2.30. The normalized spacial score (nSPS) is 15.0. The fourth-order valence-corrected chi connectivity index (χ4v) is 6.23. The van der Waals surface area contributed by atoms with E-state index in [4.69, 9.17) is 0 Å². The van der Waals surface area contributed by atoms with Crippen LogP contribution in [-0.4, -0.2) is 36.9 Å². The van der Waals surface area contributed by atoms with Gasteiger partial charge in [-0.2, -0.15) is 0 Å². The van der Waals surface area contributed by atoms with E-state index >= 15 is 0 Å². The molecule has 8 heteroatoms. The third-order valence-corrected chi connectivity index (χ3v) is 8.75. The van der Waals surface area contributed by atoms with Gasteiger partial charge in [-0.25, -0.2) is 8.42 Å². The fraction of sp³-hybridized carbons (Fsp3) is 0.357. The van der Waals surface area contributed by atoms with Crippen LogP contribution in [0.15, 0.2) is 53.4 Å². The van der Waals surface area contributed by atoms with E-state index in [1.807, 2.05) is 39.8 Å². The summed E-state index contributed by atoms with van der Waals surface area (Å²) in [6, 6.07) is 14.0. The van der Waals surface area contributed by atoms with E-state index in [1.165, 1.54) is 11.4 Å². The molecule has 1 aliphatic rings. The maximum atomic E-state index is 13.2. The summed E-state index contributed by atoms with van der Waals surface area (Å²) in [5, 5.41) is 9.50. The number of ketones is 1. The summed E-state index contributed by atoms with van der Waals surface area (Å²) in [5.41, 5.74) is 5.07. The Kier molecular flexibility index (Phi) is 6.60. The Balaban J connectivity index is 1.72. The first-order chi connectivity index (χ1) is 16.8. The van der Waals surface area contributed by atoms with Crippen molar-refractivity contribution in [3.8, 4) is 0 Å². The lowest BCUT2D eigenvalue weighted by Crippen LogP contribution is -2.29. The van der Waals surface area contributed by atoms with Crippen LogP contribution < -0.4 is 4.31 Å². The molecule has 3 aromatic rings. The molecule has 0 atom stereocenters. The van der Waals surface area contributed by atoms with Gasteiger partial charge >= 0.3 is 5.97 Å². The summed E-state index contributed by atoms with van der Waals surface area (Å²) in [6.07, 6.45) is 1.43. The first kappa shape index (κ1) is 25.7. The molecule has 36 heavy (non-hydrogen) atoms. The van der Waals surface area contributed by atoms with Gasteiger partial charge in [-0.3, -0.25) is 13.9 Å². The van der Waals surface area contributed by atoms with Crippen LogP contribution in [0.25, 0.3) is 0 Å². The first-order valence-corrected chi connectivity index (χ1v) is 13.3. The highest BCUT2D eigenvalue weighted by Crippen LogP contribution is 2.39. The predicted molar refractivity (Wildman–Crippen MR) is 139 cm³/mol. The number of Topliss-reactive ketones (excluding diaryl/α,β-unsaturated/α-hetero) is 1. The van der Waals surface area contributed by atoms with Crippen molar-refractivity contribution in [1.82, 2.24) is 4.57 Å². The molecule has 4 rings (SSSR count). The van der Waals surface area contributed by atoms with Crippen molar-refractivity contribution >= 4 is 27.5 Å². The molecule has 1 aromatic heterocycles. The van der Waals surface area contributed by atoms with E-state index < -0.39 is 16.0 Å². The van der Waals surface area contributed by atoms with E-state index in [9.17, 15) is 23.1 Å². The Hall–Kier alpha value is -3.39. The van der Waals surface area contributed by atoms with Crippen molar-refractivity contribution in [2.45, 2.75) is 58.4 Å². The summed E-state index contributed by atoms with van der Waals surface area (Å²) in [4.78, 5) is 25.0. The van der Waals surface area contributed by atoms with E-state index in [-0.39, 0.29) is 22.6 Å². The van der Waals surface area contributed by atoms with Crippen LogP contribution in [0, 0.1) is 19.3 Å². The standard InChI is InChI=1S/C28H32N2O5S/c1-18-9-11-22(12-10-18)36(34,35)29(5)21-8-6-7-20(13-21)14-23-19(2)30(17-26(32)33)24-15-28(3,4)16-25(31)27(23)24/h6-13H,14-17H2,1-5H3,(H,32,33). The second-order valence-corrected chi connectivity index (χ2v) is 12.4. The monoisotopic (exact) mass is 508 g/mol. The number of hydrogen-bond acceptors (Lipinski definition) is 4. The molecule has 0 aliphatic heterocycles. The SMILES string of the molecule is Cc1ccc(S(=O)(=O)N(C)c2cccc(Cc3c4c(n(CC(=O)O)c3C)CC(C)(C)CC4=O)c2)cc1. The molecule has 190 valence electrons. The molecule has 1 heterocycles. The quantitative estimate of drug-likeness (QED) is 0.496. The number of aliphatic carboxylic acids is 1. The zero-order chi connectivity index (χ0) is 26.4. The van der Waals surface area contributed by atoms with Crippen LogP contribution in [0.1, 0.15) is 58.7 Å². The van der Waals surface area contributed by atoms with Gasteiger partial charge in [0.1, 0.15) is 6.54 Å². The highest BCUT2D eigenvalue weighted by molar-refractivity contribution is 7.92. The van der Waals surface area contributed by atoms with Gasteiger partial charge in [0, 0.05) is 36.8 Å². The first-order valence-electron chi connectivity index (χ1n) is 11.9. The van der Waals surface area contributed by atoms with Crippen LogP contribution >= 0.6 is 0 Å². The number of carbonyl (C=O) groups is 2. The van der Waals surface area contributed by atoms with Gasteiger partial charge in [0.25, 0.3) is 10.0 Å². The van der Waals surface area contributed by atoms with Gasteiger partial charge < -0.3 is 9.67 Å². The molecule has 0 spiro atoms. The molecule has 0 saturated heterocycles. The third kappa shape index (κ3) is 4.82. The van der Waals surface area contributed by atoms with Gasteiger partial charge in [0.05, 0.1) is 10.6 Å². The van der Waals surface area contributed by atoms with Crippen LogP contribution in [0.3, 0.4) is 0 Å². The van der Waals surface area contributed by atoms with Crippen molar-refractivity contribution in [2.24, 2.45) is 5.41 Å². The number of carboxylic acids is 1. The number of rotatable bonds is 7. The zero-order valence-corrected chi connectivity index (χ0v) is 22.1. The second kappa shape index (κ2) is 9.24. The number of anilines is 1. The Morgan fingerprint density at radius 2 is 1.75 bits per heavy atom.